The Morgan fingerprint density at radius 3 is 2.50 bits per heavy atom. The molecule has 0 bridgehead atoms. The average Bonchev–Trinajstić information content (AvgIpc) is 3.38. The fraction of sp³-hybridized carbons (Fsp3) is 0.355. The van der Waals surface area contributed by atoms with Crippen molar-refractivity contribution in [2.45, 2.75) is 57.7 Å². The summed E-state index contributed by atoms with van der Waals surface area (Å²) in [5.41, 5.74) is 3.65. The van der Waals surface area contributed by atoms with Gasteiger partial charge in [-0.3, -0.25) is 14.5 Å². The van der Waals surface area contributed by atoms with Crippen molar-refractivity contribution < 1.29 is 19.1 Å². The Bertz CT molecular complexity index is 1490. The molecule has 0 radical (unpaired) electrons. The highest BCUT2D eigenvalue weighted by atomic mass is 16.5. The SMILES string of the molecule is COc1ccc([C@@H](C(=O)NC2CCCCC2)N(C(=O)Cn2nnc3ccccc32)c2cccc(C)c2)cc1OC. The molecule has 0 unspecified atom stereocenters. The fourth-order valence-electron chi connectivity index (χ4n) is 5.42. The number of nitrogens with one attached hydrogen (secondary N) is 1. The predicted molar refractivity (Wildman–Crippen MR) is 153 cm³/mol. The summed E-state index contributed by atoms with van der Waals surface area (Å²) >= 11 is 0. The molecular formula is C31H35N5O4. The topological polar surface area (TPSA) is 98.6 Å². The number of hydrogen-bond acceptors (Lipinski definition) is 6. The molecule has 9 nitrogen and oxygen atoms in total. The molecule has 1 heterocycles. The Hall–Kier alpha value is -4.40. The van der Waals surface area contributed by atoms with Crippen LogP contribution in [0.25, 0.3) is 11.0 Å². The molecular weight excluding hydrogens is 506 g/mol. The van der Waals surface area contributed by atoms with E-state index in [-0.39, 0.29) is 24.4 Å². The molecule has 0 aliphatic heterocycles. The van der Waals surface area contributed by atoms with Crippen molar-refractivity contribution in [2.75, 3.05) is 19.1 Å². The molecule has 1 aliphatic carbocycles. The van der Waals surface area contributed by atoms with Gasteiger partial charge in [0.1, 0.15) is 18.1 Å². The summed E-state index contributed by atoms with van der Waals surface area (Å²) in [5, 5.41) is 11.7. The van der Waals surface area contributed by atoms with E-state index in [1.54, 1.807) is 35.9 Å². The predicted octanol–water partition coefficient (Wildman–Crippen LogP) is 4.98. The minimum Gasteiger partial charge on any atom is -0.493 e. The van der Waals surface area contributed by atoms with Gasteiger partial charge in [-0.25, -0.2) is 4.68 Å². The van der Waals surface area contributed by atoms with E-state index in [0.29, 0.717) is 28.3 Å². The van der Waals surface area contributed by atoms with Gasteiger partial charge in [-0.15, -0.1) is 5.10 Å². The van der Waals surface area contributed by atoms with Crippen LogP contribution in [0.1, 0.15) is 49.3 Å². The highest BCUT2D eigenvalue weighted by Gasteiger charge is 2.35. The Kier molecular flexibility index (Phi) is 8.28. The van der Waals surface area contributed by atoms with Crippen LogP contribution in [0.2, 0.25) is 0 Å². The molecule has 1 atom stereocenters. The monoisotopic (exact) mass is 541 g/mol. The van der Waals surface area contributed by atoms with Gasteiger partial charge in [0.25, 0.3) is 0 Å². The van der Waals surface area contributed by atoms with Crippen LogP contribution in [-0.2, 0) is 16.1 Å². The van der Waals surface area contributed by atoms with Gasteiger partial charge in [-0.05, 0) is 67.3 Å². The molecule has 1 aliphatic rings. The van der Waals surface area contributed by atoms with Gasteiger partial charge >= 0.3 is 0 Å². The number of hydrogen-bond donors (Lipinski definition) is 1. The first-order valence-corrected chi connectivity index (χ1v) is 13.7. The fourth-order valence-corrected chi connectivity index (χ4v) is 5.42. The van der Waals surface area contributed by atoms with Gasteiger partial charge in [-0.2, -0.15) is 0 Å². The number of carbonyl (C=O) groups is 2. The molecule has 0 saturated heterocycles. The molecule has 40 heavy (non-hydrogen) atoms. The normalized spacial score (nSPS) is 14.5. The lowest BCUT2D eigenvalue weighted by molar-refractivity contribution is -0.127. The minimum absolute atomic E-state index is 0.0672. The highest BCUT2D eigenvalue weighted by molar-refractivity contribution is 6.01. The number of nitrogens with zero attached hydrogens (tertiary/aromatic N) is 4. The third-order valence-corrected chi connectivity index (χ3v) is 7.44. The van der Waals surface area contributed by atoms with Crippen LogP contribution < -0.4 is 19.7 Å². The summed E-state index contributed by atoms with van der Waals surface area (Å²) in [4.78, 5) is 30.0. The minimum atomic E-state index is -0.953. The number of aromatic nitrogens is 3. The van der Waals surface area contributed by atoms with Crippen molar-refractivity contribution >= 4 is 28.5 Å². The highest BCUT2D eigenvalue weighted by Crippen LogP contribution is 2.35. The third-order valence-electron chi connectivity index (χ3n) is 7.44. The smallest absolute Gasteiger partial charge is 0.249 e. The van der Waals surface area contributed by atoms with Gasteiger partial charge in [0.15, 0.2) is 11.5 Å². The first kappa shape index (κ1) is 27.2. The summed E-state index contributed by atoms with van der Waals surface area (Å²) in [6.45, 7) is 1.87. The lowest BCUT2D eigenvalue weighted by Crippen LogP contribution is -2.48. The van der Waals surface area contributed by atoms with E-state index in [1.165, 1.54) is 6.42 Å². The van der Waals surface area contributed by atoms with Crippen molar-refractivity contribution in [3.63, 3.8) is 0 Å². The summed E-state index contributed by atoms with van der Waals surface area (Å²) in [7, 11) is 3.12. The first-order chi connectivity index (χ1) is 19.5. The number of fused-ring (bicyclic) bond motifs is 1. The summed E-state index contributed by atoms with van der Waals surface area (Å²) < 4.78 is 12.6. The van der Waals surface area contributed by atoms with Crippen molar-refractivity contribution in [1.29, 1.82) is 0 Å². The Balaban J connectivity index is 1.60. The Morgan fingerprint density at radius 2 is 1.75 bits per heavy atom. The molecule has 5 rings (SSSR count). The van der Waals surface area contributed by atoms with E-state index in [0.717, 1.165) is 36.8 Å². The largest absolute Gasteiger partial charge is 0.493 e. The summed E-state index contributed by atoms with van der Waals surface area (Å²) in [5.74, 6) is 0.492. The molecule has 3 aromatic carbocycles. The average molecular weight is 542 g/mol. The quantitative estimate of drug-likeness (QED) is 0.321. The number of para-hydroxylation sites is 1. The van der Waals surface area contributed by atoms with Gasteiger partial charge in [-0.1, -0.05) is 54.8 Å². The van der Waals surface area contributed by atoms with Crippen LogP contribution in [-0.4, -0.2) is 47.1 Å². The van der Waals surface area contributed by atoms with E-state index < -0.39 is 6.04 Å². The Labute approximate surface area is 234 Å². The zero-order chi connectivity index (χ0) is 28.1. The van der Waals surface area contributed by atoms with Gasteiger partial charge < -0.3 is 14.8 Å². The number of anilines is 1. The van der Waals surface area contributed by atoms with Gasteiger partial charge in [0, 0.05) is 11.7 Å². The lowest BCUT2D eigenvalue weighted by atomic mass is 9.94. The molecule has 4 aromatic rings. The number of carbonyl (C=O) groups excluding carboxylic acids is 2. The molecule has 1 fully saturated rings. The van der Waals surface area contributed by atoms with Crippen LogP contribution in [0, 0.1) is 6.92 Å². The van der Waals surface area contributed by atoms with Crippen LogP contribution >= 0.6 is 0 Å². The second-order valence-electron chi connectivity index (χ2n) is 10.2. The maximum Gasteiger partial charge on any atom is 0.249 e. The van der Waals surface area contributed by atoms with Crippen molar-refractivity contribution in [3.05, 3.63) is 77.9 Å². The summed E-state index contributed by atoms with van der Waals surface area (Å²) in [6, 6.07) is 19.6. The molecule has 1 N–H and O–H groups in total. The number of methoxy groups -OCH3 is 2. The van der Waals surface area contributed by atoms with E-state index >= 15 is 0 Å². The number of benzene rings is 3. The number of aryl methyl sites for hydroxylation is 1. The maximum absolute atomic E-state index is 14.3. The van der Waals surface area contributed by atoms with Crippen LogP contribution in [0.4, 0.5) is 5.69 Å². The van der Waals surface area contributed by atoms with Crippen LogP contribution in [0.5, 0.6) is 11.5 Å². The van der Waals surface area contributed by atoms with E-state index in [1.807, 2.05) is 61.5 Å². The maximum atomic E-state index is 14.3. The van der Waals surface area contributed by atoms with E-state index in [2.05, 4.69) is 15.6 Å². The van der Waals surface area contributed by atoms with Gasteiger partial charge in [0.05, 0.1) is 19.7 Å². The summed E-state index contributed by atoms with van der Waals surface area (Å²) in [6.07, 6.45) is 5.17. The van der Waals surface area contributed by atoms with Gasteiger partial charge in [0.2, 0.25) is 11.8 Å². The second-order valence-corrected chi connectivity index (χ2v) is 10.2. The van der Waals surface area contributed by atoms with Crippen molar-refractivity contribution in [3.8, 4) is 11.5 Å². The Morgan fingerprint density at radius 1 is 0.975 bits per heavy atom. The zero-order valence-corrected chi connectivity index (χ0v) is 23.2. The lowest BCUT2D eigenvalue weighted by Gasteiger charge is -2.34. The van der Waals surface area contributed by atoms with Crippen LogP contribution in [0.3, 0.4) is 0 Å². The first-order valence-electron chi connectivity index (χ1n) is 13.7. The molecule has 1 aromatic heterocycles. The molecule has 0 spiro atoms. The zero-order valence-electron chi connectivity index (χ0n) is 23.2. The molecule has 208 valence electrons. The standard InChI is InChI=1S/C31H35N5O4/c1-21-10-9-13-24(18-21)36(29(37)20-35-26-15-8-7-14-25(26)33-34-35)30(31(38)32-23-11-5-4-6-12-23)22-16-17-27(39-2)28(19-22)40-3/h7-10,13-19,23,30H,4-6,11-12,20H2,1-3H3,(H,32,38)/t30-/m0/s1. The number of ether oxygens (including phenoxy) is 2. The van der Waals surface area contributed by atoms with Crippen LogP contribution in [0.15, 0.2) is 66.7 Å². The molecule has 2 amide bonds. The van der Waals surface area contributed by atoms with Crippen molar-refractivity contribution in [1.82, 2.24) is 20.3 Å². The molecule has 9 heteroatoms. The van der Waals surface area contributed by atoms with E-state index in [9.17, 15) is 9.59 Å². The van der Waals surface area contributed by atoms with Crippen molar-refractivity contribution in [2.24, 2.45) is 0 Å². The number of amides is 2. The number of rotatable bonds is 9. The molecule has 1 saturated carbocycles. The second kappa shape index (κ2) is 12.2. The third kappa shape index (κ3) is 5.78. The van der Waals surface area contributed by atoms with E-state index in [4.69, 9.17) is 9.47 Å².